The molecular formula is C18H21N3O. The molecule has 1 fully saturated rings. The number of hydrogen-bond acceptors (Lipinski definition) is 3. The van der Waals surface area contributed by atoms with E-state index < -0.39 is 0 Å². The fourth-order valence-electron chi connectivity index (χ4n) is 2.97. The summed E-state index contributed by atoms with van der Waals surface area (Å²) in [6, 6.07) is 17.3. The van der Waals surface area contributed by atoms with E-state index in [1.165, 1.54) is 0 Å². The van der Waals surface area contributed by atoms with Crippen LogP contribution in [0.25, 0.3) is 0 Å². The Bertz CT molecular complexity index is 636. The van der Waals surface area contributed by atoms with Gasteiger partial charge in [0.2, 0.25) is 0 Å². The average Bonchev–Trinajstić information content (AvgIpc) is 2.57. The van der Waals surface area contributed by atoms with Gasteiger partial charge < -0.3 is 16.0 Å². The number of nitrogens with two attached hydrogens (primary N) is 1. The highest BCUT2D eigenvalue weighted by Gasteiger charge is 2.28. The van der Waals surface area contributed by atoms with E-state index in [2.05, 4.69) is 5.32 Å². The Balaban J connectivity index is 1.98. The number of hydrogen-bond donors (Lipinski definition) is 2. The fourth-order valence-corrected chi connectivity index (χ4v) is 2.97. The molecule has 3 rings (SSSR count). The van der Waals surface area contributed by atoms with Crippen LogP contribution in [0.15, 0.2) is 54.6 Å². The predicted octanol–water partition coefficient (Wildman–Crippen LogP) is 2.67. The predicted molar refractivity (Wildman–Crippen MR) is 90.0 cm³/mol. The van der Waals surface area contributed by atoms with Gasteiger partial charge in [0.25, 0.3) is 5.91 Å². The zero-order chi connectivity index (χ0) is 15.4. The molecule has 1 heterocycles. The van der Waals surface area contributed by atoms with Crippen LogP contribution in [-0.4, -0.2) is 25.0 Å². The molecule has 0 spiro atoms. The summed E-state index contributed by atoms with van der Waals surface area (Å²) in [5.41, 5.74) is 8.04. The van der Waals surface area contributed by atoms with Crippen molar-refractivity contribution < 1.29 is 4.79 Å². The monoisotopic (exact) mass is 295 g/mol. The summed E-state index contributed by atoms with van der Waals surface area (Å²) in [6.45, 7) is 1.87. The molecule has 4 heteroatoms. The zero-order valence-electron chi connectivity index (χ0n) is 12.5. The molecule has 0 atom stereocenters. The maximum atomic E-state index is 13.1. The van der Waals surface area contributed by atoms with Crippen molar-refractivity contribution in [2.75, 3.05) is 23.7 Å². The number of amides is 1. The molecule has 1 saturated heterocycles. The lowest BCUT2D eigenvalue weighted by atomic mass is 10.0. The Labute approximate surface area is 130 Å². The maximum absolute atomic E-state index is 13.1. The van der Waals surface area contributed by atoms with Gasteiger partial charge in [-0.25, -0.2) is 0 Å². The third-order valence-electron chi connectivity index (χ3n) is 4.12. The minimum atomic E-state index is -0.0174. The van der Waals surface area contributed by atoms with Crippen molar-refractivity contribution in [2.24, 2.45) is 0 Å². The Hall–Kier alpha value is -2.33. The SMILES string of the molecule is Nc1ccccc1C(=O)N(c1ccccc1)C1CCNCC1. The van der Waals surface area contributed by atoms with Crippen LogP contribution in [0.1, 0.15) is 23.2 Å². The van der Waals surface area contributed by atoms with E-state index >= 15 is 0 Å². The Morgan fingerprint density at radius 3 is 2.32 bits per heavy atom. The second-order valence-corrected chi connectivity index (χ2v) is 5.58. The second kappa shape index (κ2) is 6.62. The lowest BCUT2D eigenvalue weighted by Gasteiger charge is -2.35. The highest BCUT2D eigenvalue weighted by atomic mass is 16.2. The van der Waals surface area contributed by atoms with Gasteiger partial charge in [-0.3, -0.25) is 4.79 Å². The molecule has 2 aromatic rings. The standard InChI is InChI=1S/C18H21N3O/c19-17-9-5-4-8-16(17)18(22)21(14-6-2-1-3-7-14)15-10-12-20-13-11-15/h1-9,15,20H,10-13,19H2. The molecule has 0 bridgehead atoms. The van der Waals surface area contributed by atoms with Crippen molar-refractivity contribution in [2.45, 2.75) is 18.9 Å². The number of benzene rings is 2. The fraction of sp³-hybridized carbons (Fsp3) is 0.278. The van der Waals surface area contributed by atoms with Crippen LogP contribution >= 0.6 is 0 Å². The first-order valence-electron chi connectivity index (χ1n) is 7.71. The summed E-state index contributed by atoms with van der Waals surface area (Å²) >= 11 is 0. The van der Waals surface area contributed by atoms with Crippen molar-refractivity contribution in [3.63, 3.8) is 0 Å². The molecule has 114 valence electrons. The number of anilines is 2. The molecule has 1 amide bonds. The number of nitrogen functional groups attached to an aromatic ring is 1. The van der Waals surface area contributed by atoms with E-state index in [-0.39, 0.29) is 11.9 Å². The molecule has 0 aliphatic carbocycles. The quantitative estimate of drug-likeness (QED) is 0.856. The third-order valence-corrected chi connectivity index (χ3v) is 4.12. The minimum absolute atomic E-state index is 0.0174. The highest BCUT2D eigenvalue weighted by molar-refractivity contribution is 6.09. The van der Waals surface area contributed by atoms with E-state index in [1.807, 2.05) is 47.4 Å². The molecule has 1 aliphatic heterocycles. The number of rotatable bonds is 3. The van der Waals surface area contributed by atoms with Gasteiger partial charge in [0.15, 0.2) is 0 Å². The van der Waals surface area contributed by atoms with E-state index in [4.69, 9.17) is 5.73 Å². The van der Waals surface area contributed by atoms with Gasteiger partial charge in [-0.05, 0) is 50.2 Å². The normalized spacial score (nSPS) is 15.5. The van der Waals surface area contributed by atoms with Gasteiger partial charge in [0.1, 0.15) is 0 Å². The Kier molecular flexibility index (Phi) is 4.39. The lowest BCUT2D eigenvalue weighted by molar-refractivity contribution is 0.0972. The van der Waals surface area contributed by atoms with Crippen LogP contribution in [0.3, 0.4) is 0 Å². The van der Waals surface area contributed by atoms with Crippen LogP contribution in [0, 0.1) is 0 Å². The summed E-state index contributed by atoms with van der Waals surface area (Å²) in [5, 5.41) is 3.35. The summed E-state index contributed by atoms with van der Waals surface area (Å²) in [5.74, 6) is -0.0174. The van der Waals surface area contributed by atoms with Crippen LogP contribution in [-0.2, 0) is 0 Å². The van der Waals surface area contributed by atoms with E-state index in [0.29, 0.717) is 11.3 Å². The largest absolute Gasteiger partial charge is 0.398 e. The van der Waals surface area contributed by atoms with Crippen molar-refractivity contribution in [1.29, 1.82) is 0 Å². The first kappa shape index (κ1) is 14.6. The molecule has 3 N–H and O–H groups in total. The lowest BCUT2D eigenvalue weighted by Crippen LogP contribution is -2.46. The average molecular weight is 295 g/mol. The molecule has 0 unspecified atom stereocenters. The summed E-state index contributed by atoms with van der Waals surface area (Å²) in [4.78, 5) is 15.0. The van der Waals surface area contributed by atoms with E-state index in [1.54, 1.807) is 12.1 Å². The number of para-hydroxylation sites is 2. The molecule has 0 radical (unpaired) electrons. The summed E-state index contributed by atoms with van der Waals surface area (Å²) < 4.78 is 0. The molecule has 22 heavy (non-hydrogen) atoms. The Morgan fingerprint density at radius 2 is 1.64 bits per heavy atom. The molecule has 4 nitrogen and oxygen atoms in total. The van der Waals surface area contributed by atoms with Crippen molar-refractivity contribution in [1.82, 2.24) is 5.32 Å². The van der Waals surface area contributed by atoms with E-state index in [9.17, 15) is 4.79 Å². The van der Waals surface area contributed by atoms with Crippen molar-refractivity contribution in [3.8, 4) is 0 Å². The number of nitrogens with one attached hydrogen (secondary N) is 1. The summed E-state index contributed by atoms with van der Waals surface area (Å²) in [6.07, 6.45) is 1.90. The molecule has 0 saturated carbocycles. The number of carbonyl (C=O) groups is 1. The summed E-state index contributed by atoms with van der Waals surface area (Å²) in [7, 11) is 0. The first-order chi connectivity index (χ1) is 10.8. The van der Waals surface area contributed by atoms with Crippen LogP contribution in [0.2, 0.25) is 0 Å². The molecule has 2 aromatic carbocycles. The van der Waals surface area contributed by atoms with Crippen LogP contribution in [0.5, 0.6) is 0 Å². The minimum Gasteiger partial charge on any atom is -0.398 e. The van der Waals surface area contributed by atoms with Gasteiger partial charge in [-0.1, -0.05) is 30.3 Å². The molecular weight excluding hydrogens is 274 g/mol. The van der Waals surface area contributed by atoms with E-state index in [0.717, 1.165) is 31.6 Å². The number of piperidine rings is 1. The van der Waals surface area contributed by atoms with Crippen molar-refractivity contribution >= 4 is 17.3 Å². The van der Waals surface area contributed by atoms with Gasteiger partial charge in [-0.2, -0.15) is 0 Å². The first-order valence-corrected chi connectivity index (χ1v) is 7.71. The van der Waals surface area contributed by atoms with Crippen LogP contribution < -0.4 is 16.0 Å². The Morgan fingerprint density at radius 1 is 1.00 bits per heavy atom. The number of nitrogens with zero attached hydrogens (tertiary/aromatic N) is 1. The topological polar surface area (TPSA) is 58.4 Å². The zero-order valence-corrected chi connectivity index (χ0v) is 12.5. The van der Waals surface area contributed by atoms with Gasteiger partial charge >= 0.3 is 0 Å². The van der Waals surface area contributed by atoms with Crippen LogP contribution in [0.4, 0.5) is 11.4 Å². The van der Waals surface area contributed by atoms with Gasteiger partial charge in [0, 0.05) is 17.4 Å². The smallest absolute Gasteiger partial charge is 0.260 e. The molecule has 1 aliphatic rings. The maximum Gasteiger partial charge on any atom is 0.260 e. The third kappa shape index (κ3) is 2.97. The number of carbonyl (C=O) groups excluding carboxylic acids is 1. The van der Waals surface area contributed by atoms with Crippen molar-refractivity contribution in [3.05, 3.63) is 60.2 Å². The highest BCUT2D eigenvalue weighted by Crippen LogP contribution is 2.25. The second-order valence-electron chi connectivity index (χ2n) is 5.58. The van der Waals surface area contributed by atoms with Gasteiger partial charge in [-0.15, -0.1) is 0 Å². The van der Waals surface area contributed by atoms with Gasteiger partial charge in [0.05, 0.1) is 5.56 Å². The molecule has 0 aromatic heterocycles.